The van der Waals surface area contributed by atoms with E-state index in [1.807, 2.05) is 26.0 Å². The molecule has 1 aromatic carbocycles. The van der Waals surface area contributed by atoms with E-state index in [0.717, 1.165) is 15.6 Å². The predicted octanol–water partition coefficient (Wildman–Crippen LogP) is 3.31. The van der Waals surface area contributed by atoms with E-state index in [1.54, 1.807) is 13.0 Å². The molecular weight excluding hydrogens is 320 g/mol. The molecule has 0 unspecified atom stereocenters. The largest absolute Gasteiger partial charge is 0.327 e. The van der Waals surface area contributed by atoms with Crippen LogP contribution in [0.2, 0.25) is 0 Å². The van der Waals surface area contributed by atoms with Crippen molar-refractivity contribution in [2.75, 3.05) is 5.32 Å². The maximum Gasteiger partial charge on any atom is 0.255 e. The maximum absolute atomic E-state index is 12.3. The number of halogens is 1. The average molecular weight is 335 g/mol. The highest BCUT2D eigenvalue weighted by Crippen LogP contribution is 2.21. The number of nitrogens with one attached hydrogen (secondary N) is 2. The Labute approximate surface area is 125 Å². The number of benzene rings is 1. The lowest BCUT2D eigenvalue weighted by molar-refractivity contribution is 0.102. The predicted molar refractivity (Wildman–Crippen MR) is 83.4 cm³/mol. The molecule has 0 saturated heterocycles. The first-order valence-corrected chi connectivity index (χ1v) is 6.95. The fraction of sp³-hybridized carbons (Fsp3) is 0.200. The monoisotopic (exact) mass is 334 g/mol. The maximum atomic E-state index is 12.3. The zero-order valence-electron chi connectivity index (χ0n) is 11.5. The van der Waals surface area contributed by atoms with Crippen molar-refractivity contribution in [1.82, 2.24) is 4.98 Å². The fourth-order valence-corrected chi connectivity index (χ4v) is 2.35. The van der Waals surface area contributed by atoms with Crippen LogP contribution in [0.5, 0.6) is 0 Å². The summed E-state index contributed by atoms with van der Waals surface area (Å²) in [6.07, 6.45) is 1.49. The zero-order valence-corrected chi connectivity index (χ0v) is 13.1. The smallest absolute Gasteiger partial charge is 0.255 e. The molecule has 0 bridgehead atoms. The number of H-pyrrole nitrogens is 1. The van der Waals surface area contributed by atoms with Gasteiger partial charge < -0.3 is 10.3 Å². The van der Waals surface area contributed by atoms with Crippen LogP contribution in [0.3, 0.4) is 0 Å². The minimum absolute atomic E-state index is 0.154. The highest BCUT2D eigenvalue weighted by molar-refractivity contribution is 9.10. The molecule has 2 aromatic rings. The Kier molecular flexibility index (Phi) is 4.09. The van der Waals surface area contributed by atoms with Gasteiger partial charge in [-0.2, -0.15) is 0 Å². The highest BCUT2D eigenvalue weighted by Gasteiger charge is 2.11. The normalized spacial score (nSPS) is 10.4. The van der Waals surface area contributed by atoms with Crippen molar-refractivity contribution in [2.45, 2.75) is 20.8 Å². The van der Waals surface area contributed by atoms with Gasteiger partial charge in [-0.1, -0.05) is 15.9 Å². The van der Waals surface area contributed by atoms with Crippen LogP contribution in [0, 0.1) is 20.8 Å². The lowest BCUT2D eigenvalue weighted by Gasteiger charge is -2.10. The molecule has 4 nitrogen and oxygen atoms in total. The molecule has 0 radical (unpaired) electrons. The first-order chi connectivity index (χ1) is 9.38. The fourth-order valence-electron chi connectivity index (χ4n) is 1.89. The Bertz CT molecular complexity index is 735. The number of carbonyl (C=O) groups excluding carboxylic acids is 1. The van der Waals surface area contributed by atoms with Gasteiger partial charge in [0, 0.05) is 21.8 Å². The van der Waals surface area contributed by atoms with E-state index < -0.39 is 0 Å². The van der Waals surface area contributed by atoms with Crippen LogP contribution in [0.4, 0.5) is 5.69 Å². The lowest BCUT2D eigenvalue weighted by atomic mass is 10.0. The summed E-state index contributed by atoms with van der Waals surface area (Å²) in [4.78, 5) is 26.1. The molecule has 0 fully saturated rings. The Morgan fingerprint density at radius 1 is 1.10 bits per heavy atom. The molecule has 5 heteroatoms. The van der Waals surface area contributed by atoms with Gasteiger partial charge in [0.1, 0.15) is 0 Å². The zero-order chi connectivity index (χ0) is 14.9. The van der Waals surface area contributed by atoms with Gasteiger partial charge >= 0.3 is 0 Å². The van der Waals surface area contributed by atoms with E-state index >= 15 is 0 Å². The minimum atomic E-state index is -0.190. The van der Waals surface area contributed by atoms with Gasteiger partial charge in [-0.3, -0.25) is 9.59 Å². The average Bonchev–Trinajstić information content (AvgIpc) is 2.38. The molecule has 1 heterocycles. The van der Waals surface area contributed by atoms with Gasteiger partial charge in [-0.05, 0) is 50.1 Å². The third-order valence-electron chi connectivity index (χ3n) is 3.10. The molecule has 0 aliphatic carbocycles. The molecule has 0 aliphatic rings. The first-order valence-electron chi connectivity index (χ1n) is 6.16. The molecule has 2 rings (SSSR count). The van der Waals surface area contributed by atoms with Crippen molar-refractivity contribution in [3.63, 3.8) is 0 Å². The quantitative estimate of drug-likeness (QED) is 0.884. The SMILES string of the molecule is Cc1cc(C(=O)Nc2c[nH]c(=O)c(C)c2)c(C)cc1Br. The summed E-state index contributed by atoms with van der Waals surface area (Å²) in [6.45, 7) is 5.52. The number of hydrogen-bond acceptors (Lipinski definition) is 2. The molecule has 2 N–H and O–H groups in total. The molecule has 0 spiro atoms. The molecule has 20 heavy (non-hydrogen) atoms. The third-order valence-corrected chi connectivity index (χ3v) is 3.95. The van der Waals surface area contributed by atoms with Crippen LogP contribution in [-0.2, 0) is 0 Å². The summed E-state index contributed by atoms with van der Waals surface area (Å²) in [5.74, 6) is -0.190. The van der Waals surface area contributed by atoms with E-state index in [1.165, 1.54) is 6.20 Å². The van der Waals surface area contributed by atoms with Gasteiger partial charge in [0.2, 0.25) is 0 Å². The molecule has 1 aromatic heterocycles. The number of rotatable bonds is 2. The van der Waals surface area contributed by atoms with Gasteiger partial charge in [-0.15, -0.1) is 0 Å². The summed E-state index contributed by atoms with van der Waals surface area (Å²) in [6, 6.07) is 5.41. The third kappa shape index (κ3) is 2.99. The topological polar surface area (TPSA) is 62.0 Å². The number of hydrogen-bond donors (Lipinski definition) is 2. The van der Waals surface area contributed by atoms with Gasteiger partial charge in [-0.25, -0.2) is 0 Å². The summed E-state index contributed by atoms with van der Waals surface area (Å²) < 4.78 is 0.978. The van der Waals surface area contributed by atoms with Crippen molar-refractivity contribution >= 4 is 27.5 Å². The van der Waals surface area contributed by atoms with E-state index in [9.17, 15) is 9.59 Å². The second-order valence-electron chi connectivity index (χ2n) is 4.77. The summed E-state index contributed by atoms with van der Waals surface area (Å²) in [5.41, 5.74) is 3.49. The number of amides is 1. The van der Waals surface area contributed by atoms with Gasteiger partial charge in [0.15, 0.2) is 0 Å². The first kappa shape index (κ1) is 14.5. The Morgan fingerprint density at radius 2 is 1.80 bits per heavy atom. The number of anilines is 1. The number of aromatic nitrogens is 1. The van der Waals surface area contributed by atoms with Crippen molar-refractivity contribution in [1.29, 1.82) is 0 Å². The van der Waals surface area contributed by atoms with E-state index in [2.05, 4.69) is 26.2 Å². The van der Waals surface area contributed by atoms with Crippen LogP contribution in [0.15, 0.2) is 33.7 Å². The number of aryl methyl sites for hydroxylation is 3. The van der Waals surface area contributed by atoms with Crippen molar-refractivity contribution < 1.29 is 4.79 Å². The molecule has 104 valence electrons. The minimum Gasteiger partial charge on any atom is -0.327 e. The number of carbonyl (C=O) groups is 1. The highest BCUT2D eigenvalue weighted by atomic mass is 79.9. The van der Waals surface area contributed by atoms with Crippen LogP contribution in [-0.4, -0.2) is 10.9 Å². The summed E-state index contributed by atoms with van der Waals surface area (Å²) >= 11 is 3.44. The second-order valence-corrected chi connectivity index (χ2v) is 5.63. The Balaban J connectivity index is 2.30. The second kappa shape index (κ2) is 5.63. The Hall–Kier alpha value is -1.88. The Morgan fingerprint density at radius 3 is 2.45 bits per heavy atom. The van der Waals surface area contributed by atoms with Crippen LogP contribution in [0.25, 0.3) is 0 Å². The summed E-state index contributed by atoms with van der Waals surface area (Å²) in [7, 11) is 0. The summed E-state index contributed by atoms with van der Waals surface area (Å²) in [5, 5.41) is 2.79. The molecule has 1 amide bonds. The number of pyridine rings is 1. The molecular formula is C15H15BrN2O2. The van der Waals surface area contributed by atoms with E-state index in [-0.39, 0.29) is 11.5 Å². The molecule has 0 aliphatic heterocycles. The van der Waals surface area contributed by atoms with Crippen molar-refractivity contribution in [3.05, 3.63) is 61.5 Å². The van der Waals surface area contributed by atoms with E-state index in [0.29, 0.717) is 16.8 Å². The lowest BCUT2D eigenvalue weighted by Crippen LogP contribution is -2.16. The van der Waals surface area contributed by atoms with Crippen LogP contribution in [0.1, 0.15) is 27.0 Å². The van der Waals surface area contributed by atoms with Gasteiger partial charge in [0.05, 0.1) is 5.69 Å². The molecule has 0 atom stereocenters. The molecule has 0 saturated carbocycles. The standard InChI is InChI=1S/C15H15BrN2O2/c1-8-6-13(16)9(2)5-12(8)15(20)18-11-4-10(3)14(19)17-7-11/h4-7H,1-3H3,(H,17,19)(H,18,20). The van der Waals surface area contributed by atoms with Crippen molar-refractivity contribution in [2.24, 2.45) is 0 Å². The van der Waals surface area contributed by atoms with Crippen LogP contribution >= 0.6 is 15.9 Å². The van der Waals surface area contributed by atoms with Crippen molar-refractivity contribution in [3.8, 4) is 0 Å². The van der Waals surface area contributed by atoms with Crippen LogP contribution < -0.4 is 10.9 Å². The van der Waals surface area contributed by atoms with E-state index in [4.69, 9.17) is 0 Å². The van der Waals surface area contributed by atoms with Gasteiger partial charge in [0.25, 0.3) is 11.5 Å². The number of aromatic amines is 1.